The van der Waals surface area contributed by atoms with Gasteiger partial charge in [-0.25, -0.2) is 13.6 Å². The predicted octanol–water partition coefficient (Wildman–Crippen LogP) is 3.96. The number of halogens is 2. The van der Waals surface area contributed by atoms with E-state index in [1.165, 1.54) is 19.1 Å². The zero-order valence-electron chi connectivity index (χ0n) is 22.0. The van der Waals surface area contributed by atoms with Gasteiger partial charge in [0.1, 0.15) is 5.69 Å². The number of anilines is 2. The van der Waals surface area contributed by atoms with E-state index in [-0.39, 0.29) is 24.6 Å². The molecule has 4 rings (SSSR count). The van der Waals surface area contributed by atoms with E-state index in [0.29, 0.717) is 28.2 Å². The molecular formula is C26H29F2N7O3. The van der Waals surface area contributed by atoms with E-state index in [4.69, 9.17) is 15.2 Å². The first-order valence-corrected chi connectivity index (χ1v) is 11.7. The van der Waals surface area contributed by atoms with Crippen LogP contribution in [0.4, 0.5) is 25.0 Å². The molecule has 0 radical (unpaired) electrons. The number of carbonyl (C=O) groups is 1. The van der Waals surface area contributed by atoms with Gasteiger partial charge in [-0.3, -0.25) is 24.5 Å². The van der Waals surface area contributed by atoms with Crippen LogP contribution in [0.2, 0.25) is 0 Å². The van der Waals surface area contributed by atoms with Gasteiger partial charge in [-0.2, -0.15) is 5.10 Å². The van der Waals surface area contributed by atoms with Gasteiger partial charge in [-0.1, -0.05) is 0 Å². The Hall–Kier alpha value is -4.48. The fourth-order valence-corrected chi connectivity index (χ4v) is 4.29. The van der Waals surface area contributed by atoms with E-state index in [1.54, 1.807) is 50.4 Å². The number of aryl methyl sites for hydroxylation is 1. The fraction of sp³-hybridized carbons (Fsp3) is 0.308. The predicted molar refractivity (Wildman–Crippen MR) is 141 cm³/mol. The Morgan fingerprint density at radius 2 is 1.84 bits per heavy atom. The minimum atomic E-state index is -1.02. The third-order valence-electron chi connectivity index (χ3n) is 6.49. The Morgan fingerprint density at radius 3 is 2.37 bits per heavy atom. The van der Waals surface area contributed by atoms with Crippen molar-refractivity contribution >= 4 is 29.2 Å². The number of methoxy groups -OCH3 is 2. The highest BCUT2D eigenvalue weighted by atomic mass is 19.1. The molecule has 2 aromatic heterocycles. The van der Waals surface area contributed by atoms with E-state index in [1.807, 2.05) is 6.92 Å². The quantitative estimate of drug-likeness (QED) is 0.468. The van der Waals surface area contributed by atoms with E-state index in [9.17, 15) is 4.79 Å². The number of allylic oxidation sites excluding steroid dienone is 2. The number of ether oxygens (including phenoxy) is 2. The molecule has 38 heavy (non-hydrogen) atoms. The van der Waals surface area contributed by atoms with Gasteiger partial charge >= 0.3 is 6.03 Å². The summed E-state index contributed by atoms with van der Waals surface area (Å²) in [6.07, 6.45) is 4.80. The number of aromatic nitrogens is 3. The molecule has 0 fully saturated rings. The zero-order valence-corrected chi connectivity index (χ0v) is 22.0. The molecule has 2 N–H and O–H groups in total. The van der Waals surface area contributed by atoms with Gasteiger partial charge in [0.05, 0.1) is 44.9 Å². The zero-order chi connectivity index (χ0) is 27.7. The van der Waals surface area contributed by atoms with Gasteiger partial charge in [0, 0.05) is 60.7 Å². The van der Waals surface area contributed by atoms with Crippen LogP contribution in [0.1, 0.15) is 29.4 Å². The fourth-order valence-electron chi connectivity index (χ4n) is 4.29. The second-order valence-corrected chi connectivity index (χ2v) is 8.77. The van der Waals surface area contributed by atoms with Gasteiger partial charge < -0.3 is 15.2 Å². The van der Waals surface area contributed by atoms with Crippen LogP contribution in [0, 0.1) is 18.6 Å². The van der Waals surface area contributed by atoms with E-state index < -0.39 is 23.4 Å². The van der Waals surface area contributed by atoms with Crippen LogP contribution in [-0.2, 0) is 20.1 Å². The summed E-state index contributed by atoms with van der Waals surface area (Å²) in [4.78, 5) is 25.0. The summed E-state index contributed by atoms with van der Waals surface area (Å²) >= 11 is 0. The number of nitrogens with zero attached hydrogens (tertiary/aromatic N) is 6. The number of nitrogens with two attached hydrogens (primary N) is 1. The highest BCUT2D eigenvalue weighted by Gasteiger charge is 2.37. The second-order valence-electron chi connectivity index (χ2n) is 8.77. The summed E-state index contributed by atoms with van der Waals surface area (Å²) < 4.78 is 42.8. The first-order chi connectivity index (χ1) is 18.1. The number of rotatable bonds is 7. The molecule has 12 heteroatoms. The molecule has 2 amide bonds. The molecule has 200 valence electrons. The summed E-state index contributed by atoms with van der Waals surface area (Å²) in [5, 5.41) is 4.27. The minimum absolute atomic E-state index is 0.0956. The Labute approximate surface area is 219 Å². The van der Waals surface area contributed by atoms with Gasteiger partial charge in [0.2, 0.25) is 0 Å². The van der Waals surface area contributed by atoms with E-state index in [0.717, 1.165) is 22.2 Å². The largest absolute Gasteiger partial charge is 0.493 e. The van der Waals surface area contributed by atoms with Crippen LogP contribution in [0.25, 0.3) is 5.57 Å². The standard InChI is InChI=1S/C26H29F2N7O3/c1-14(29)18(11-30-3)19-7-20-17(9-31-19)13-35(25-23(27)21(37-5)8-22(38-6)24(25)28)26(36)34(20)12-16-10-32-33(4)15(16)2/h7-11H,12-13,29H2,1-6H3. The lowest BCUT2D eigenvalue weighted by atomic mass is 10.0. The summed E-state index contributed by atoms with van der Waals surface area (Å²) in [6.45, 7) is 3.55. The maximum atomic E-state index is 15.5. The lowest BCUT2D eigenvalue weighted by Crippen LogP contribution is -2.48. The summed E-state index contributed by atoms with van der Waals surface area (Å²) in [5.74, 6) is -2.56. The number of urea groups is 1. The molecule has 0 saturated heterocycles. The highest BCUT2D eigenvalue weighted by Crippen LogP contribution is 2.41. The summed E-state index contributed by atoms with van der Waals surface area (Å²) in [5.41, 5.74) is 9.77. The van der Waals surface area contributed by atoms with Crippen molar-refractivity contribution in [3.63, 3.8) is 0 Å². The maximum absolute atomic E-state index is 15.5. The monoisotopic (exact) mass is 525 g/mol. The van der Waals surface area contributed by atoms with Crippen LogP contribution >= 0.6 is 0 Å². The van der Waals surface area contributed by atoms with Crippen molar-refractivity contribution in [2.75, 3.05) is 31.1 Å². The lowest BCUT2D eigenvalue weighted by molar-refractivity contribution is 0.249. The summed E-state index contributed by atoms with van der Waals surface area (Å²) in [6, 6.07) is 2.17. The lowest BCUT2D eigenvalue weighted by Gasteiger charge is -2.37. The van der Waals surface area contributed by atoms with E-state index >= 15 is 8.78 Å². The van der Waals surface area contributed by atoms with Gasteiger partial charge in [0.25, 0.3) is 0 Å². The van der Waals surface area contributed by atoms with Gasteiger partial charge in [0.15, 0.2) is 23.1 Å². The number of aliphatic imine (C=N–C) groups is 1. The van der Waals surface area contributed by atoms with Crippen LogP contribution < -0.4 is 25.0 Å². The number of pyridine rings is 1. The van der Waals surface area contributed by atoms with Crippen molar-refractivity contribution in [3.8, 4) is 11.5 Å². The first-order valence-electron chi connectivity index (χ1n) is 11.7. The van der Waals surface area contributed by atoms with Gasteiger partial charge in [-0.05, 0) is 19.9 Å². The smallest absolute Gasteiger partial charge is 0.329 e. The van der Waals surface area contributed by atoms with Crippen molar-refractivity contribution in [1.82, 2.24) is 14.8 Å². The Bertz CT molecular complexity index is 1430. The number of hydrogen-bond donors (Lipinski definition) is 1. The topological polar surface area (TPSA) is 111 Å². The molecule has 10 nitrogen and oxygen atoms in total. The molecule has 0 saturated carbocycles. The average Bonchev–Trinajstić information content (AvgIpc) is 3.21. The second kappa shape index (κ2) is 10.5. The molecule has 3 heterocycles. The highest BCUT2D eigenvalue weighted by molar-refractivity contribution is 6.11. The van der Waals surface area contributed by atoms with Crippen molar-refractivity contribution in [2.24, 2.45) is 17.8 Å². The Morgan fingerprint density at radius 1 is 1.18 bits per heavy atom. The number of hydrogen-bond acceptors (Lipinski definition) is 7. The minimum Gasteiger partial charge on any atom is -0.493 e. The number of amides is 2. The number of benzene rings is 1. The molecule has 0 bridgehead atoms. The molecule has 3 aromatic rings. The van der Waals surface area contributed by atoms with Crippen molar-refractivity contribution in [3.05, 3.63) is 64.4 Å². The first kappa shape index (κ1) is 26.6. The van der Waals surface area contributed by atoms with Crippen LogP contribution in [0.5, 0.6) is 11.5 Å². The Balaban J connectivity index is 1.92. The van der Waals surface area contributed by atoms with Crippen LogP contribution in [-0.4, -0.2) is 48.3 Å². The van der Waals surface area contributed by atoms with Crippen molar-refractivity contribution in [1.29, 1.82) is 0 Å². The molecule has 1 aliphatic rings. The molecule has 0 atom stereocenters. The van der Waals surface area contributed by atoms with Crippen LogP contribution in [0.15, 0.2) is 35.2 Å². The molecule has 1 aliphatic heterocycles. The van der Waals surface area contributed by atoms with Crippen molar-refractivity contribution in [2.45, 2.75) is 26.9 Å². The molecule has 0 spiro atoms. The average molecular weight is 526 g/mol. The molecule has 0 aliphatic carbocycles. The SMILES string of the molecule is CN=CC(=C(C)N)c1cc2c(cn1)CN(c1c(F)c(OC)cc(OC)c1F)C(=O)N2Cc1cnn(C)c1C. The van der Waals surface area contributed by atoms with Crippen molar-refractivity contribution < 1.29 is 23.0 Å². The molecule has 1 aromatic carbocycles. The maximum Gasteiger partial charge on any atom is 0.329 e. The molecular weight excluding hydrogens is 496 g/mol. The van der Waals surface area contributed by atoms with Gasteiger partial charge in [-0.15, -0.1) is 0 Å². The normalized spacial score (nSPS) is 14.2. The number of fused-ring (bicyclic) bond motifs is 1. The molecule has 0 unspecified atom stereocenters. The summed E-state index contributed by atoms with van der Waals surface area (Å²) in [7, 11) is 5.91. The third-order valence-corrected chi connectivity index (χ3v) is 6.49. The Kier molecular flexibility index (Phi) is 7.33. The number of carbonyl (C=O) groups excluding carboxylic acids is 1. The van der Waals surface area contributed by atoms with E-state index in [2.05, 4.69) is 15.1 Å². The third kappa shape index (κ3) is 4.53. The van der Waals surface area contributed by atoms with Crippen LogP contribution in [0.3, 0.4) is 0 Å².